The van der Waals surface area contributed by atoms with Gasteiger partial charge in [-0.05, 0) is 36.2 Å². The van der Waals surface area contributed by atoms with Crippen LogP contribution >= 0.6 is 0 Å². The molecule has 5 nitrogen and oxygen atoms in total. The van der Waals surface area contributed by atoms with Crippen LogP contribution in [0.15, 0.2) is 42.5 Å². The molecule has 2 rings (SSSR count). The zero-order valence-corrected chi connectivity index (χ0v) is 14.4. The standard InChI is InChI=1S/C19H19F2NO4/c1-12(2)10-25-17-5-3-4-13(6-17)19(24)26-11-18(23)22-16-8-14(20)7-15(21)9-16/h3-9,12H,10-11H2,1-2H3,(H,22,23). The number of benzene rings is 2. The van der Waals surface area contributed by atoms with Gasteiger partial charge in [0.25, 0.3) is 5.91 Å². The van der Waals surface area contributed by atoms with E-state index in [1.165, 1.54) is 12.1 Å². The predicted octanol–water partition coefficient (Wildman–Crippen LogP) is 3.80. The minimum Gasteiger partial charge on any atom is -0.493 e. The van der Waals surface area contributed by atoms with Crippen LogP contribution in [0.2, 0.25) is 0 Å². The lowest BCUT2D eigenvalue weighted by atomic mass is 10.2. The van der Waals surface area contributed by atoms with Gasteiger partial charge in [-0.25, -0.2) is 13.6 Å². The van der Waals surface area contributed by atoms with Gasteiger partial charge in [0.15, 0.2) is 6.61 Å². The first-order chi connectivity index (χ1) is 12.3. The SMILES string of the molecule is CC(C)COc1cccc(C(=O)OCC(=O)Nc2cc(F)cc(F)c2)c1. The van der Waals surface area contributed by atoms with E-state index in [0.717, 1.165) is 12.1 Å². The topological polar surface area (TPSA) is 64.6 Å². The maximum absolute atomic E-state index is 13.1. The number of hydrogen-bond donors (Lipinski definition) is 1. The van der Waals surface area contributed by atoms with Crippen molar-refractivity contribution in [3.63, 3.8) is 0 Å². The summed E-state index contributed by atoms with van der Waals surface area (Å²) >= 11 is 0. The second-order valence-electron chi connectivity index (χ2n) is 6.02. The number of nitrogens with one attached hydrogen (secondary N) is 1. The number of ether oxygens (including phenoxy) is 2. The lowest BCUT2D eigenvalue weighted by Crippen LogP contribution is -2.21. The Labute approximate surface area is 149 Å². The molecule has 0 heterocycles. The highest BCUT2D eigenvalue weighted by Crippen LogP contribution is 2.16. The van der Waals surface area contributed by atoms with Gasteiger partial charge in [0.05, 0.1) is 12.2 Å². The van der Waals surface area contributed by atoms with Gasteiger partial charge in [-0.2, -0.15) is 0 Å². The summed E-state index contributed by atoms with van der Waals surface area (Å²) in [6.45, 7) is 3.92. The molecule has 1 N–H and O–H groups in total. The van der Waals surface area contributed by atoms with Crippen LogP contribution in [0.4, 0.5) is 14.5 Å². The molecule has 7 heteroatoms. The molecule has 138 valence electrons. The van der Waals surface area contributed by atoms with Crippen LogP contribution in [0.5, 0.6) is 5.75 Å². The van der Waals surface area contributed by atoms with Gasteiger partial charge in [-0.15, -0.1) is 0 Å². The Bertz CT molecular complexity index is 773. The van der Waals surface area contributed by atoms with Gasteiger partial charge >= 0.3 is 5.97 Å². The molecule has 0 atom stereocenters. The Kier molecular flexibility index (Phi) is 6.66. The Morgan fingerprint density at radius 2 is 1.77 bits per heavy atom. The molecule has 0 aromatic heterocycles. The Morgan fingerprint density at radius 3 is 2.42 bits per heavy atom. The minimum absolute atomic E-state index is 0.0624. The summed E-state index contributed by atoms with van der Waals surface area (Å²) in [5.41, 5.74) is 0.170. The zero-order chi connectivity index (χ0) is 19.1. The summed E-state index contributed by atoms with van der Waals surface area (Å²) < 4.78 is 36.6. The van der Waals surface area contributed by atoms with E-state index in [9.17, 15) is 18.4 Å². The third kappa shape index (κ3) is 6.16. The number of anilines is 1. The first-order valence-electron chi connectivity index (χ1n) is 7.99. The molecule has 0 unspecified atom stereocenters. The van der Waals surface area contributed by atoms with Gasteiger partial charge in [-0.1, -0.05) is 19.9 Å². The summed E-state index contributed by atoms with van der Waals surface area (Å²) in [7, 11) is 0. The summed E-state index contributed by atoms with van der Waals surface area (Å²) in [5, 5.41) is 2.25. The van der Waals surface area contributed by atoms with E-state index in [0.29, 0.717) is 24.3 Å². The highest BCUT2D eigenvalue weighted by Gasteiger charge is 2.12. The van der Waals surface area contributed by atoms with Crippen molar-refractivity contribution >= 4 is 17.6 Å². The van der Waals surface area contributed by atoms with Crippen molar-refractivity contribution in [1.82, 2.24) is 0 Å². The van der Waals surface area contributed by atoms with Gasteiger partial charge in [0, 0.05) is 11.8 Å². The number of halogens is 2. The van der Waals surface area contributed by atoms with Crippen LogP contribution in [-0.2, 0) is 9.53 Å². The maximum atomic E-state index is 13.1. The highest BCUT2D eigenvalue weighted by molar-refractivity contribution is 5.95. The average molecular weight is 363 g/mol. The molecule has 0 fully saturated rings. The number of amides is 1. The largest absolute Gasteiger partial charge is 0.493 e. The molecule has 26 heavy (non-hydrogen) atoms. The third-order valence-corrected chi connectivity index (χ3v) is 3.13. The van der Waals surface area contributed by atoms with Gasteiger partial charge in [0.2, 0.25) is 0 Å². The lowest BCUT2D eigenvalue weighted by molar-refractivity contribution is -0.119. The van der Waals surface area contributed by atoms with Crippen molar-refractivity contribution in [2.45, 2.75) is 13.8 Å². The van der Waals surface area contributed by atoms with Gasteiger partial charge < -0.3 is 14.8 Å². The molecule has 0 aliphatic heterocycles. The van der Waals surface area contributed by atoms with E-state index < -0.39 is 30.1 Å². The van der Waals surface area contributed by atoms with E-state index in [1.54, 1.807) is 12.1 Å². The normalized spacial score (nSPS) is 10.5. The van der Waals surface area contributed by atoms with E-state index in [-0.39, 0.29) is 11.3 Å². The highest BCUT2D eigenvalue weighted by atomic mass is 19.1. The average Bonchev–Trinajstić information content (AvgIpc) is 2.57. The Balaban J connectivity index is 1.89. The van der Waals surface area contributed by atoms with Crippen molar-refractivity contribution in [2.75, 3.05) is 18.5 Å². The quantitative estimate of drug-likeness (QED) is 0.760. The van der Waals surface area contributed by atoms with E-state index in [1.807, 2.05) is 13.8 Å². The molecule has 0 radical (unpaired) electrons. The summed E-state index contributed by atoms with van der Waals surface area (Å²) in [5.74, 6) is -2.21. The van der Waals surface area contributed by atoms with Crippen molar-refractivity contribution < 1.29 is 27.8 Å². The smallest absolute Gasteiger partial charge is 0.338 e. The molecule has 2 aromatic rings. The zero-order valence-electron chi connectivity index (χ0n) is 14.4. The van der Waals surface area contributed by atoms with E-state index in [2.05, 4.69) is 5.32 Å². The molecule has 0 spiro atoms. The summed E-state index contributed by atoms with van der Waals surface area (Å²) in [4.78, 5) is 23.8. The first-order valence-corrected chi connectivity index (χ1v) is 7.99. The van der Waals surface area contributed by atoms with Crippen LogP contribution in [-0.4, -0.2) is 25.1 Å². The van der Waals surface area contributed by atoms with Crippen molar-refractivity contribution in [1.29, 1.82) is 0 Å². The number of carbonyl (C=O) groups excluding carboxylic acids is 2. The molecule has 2 aromatic carbocycles. The molecule has 0 saturated carbocycles. The third-order valence-electron chi connectivity index (χ3n) is 3.13. The Hall–Kier alpha value is -2.96. The van der Waals surface area contributed by atoms with Crippen LogP contribution in [0.25, 0.3) is 0 Å². The van der Waals surface area contributed by atoms with Crippen LogP contribution < -0.4 is 10.1 Å². The van der Waals surface area contributed by atoms with Gasteiger partial charge in [-0.3, -0.25) is 4.79 Å². The minimum atomic E-state index is -0.824. The second-order valence-corrected chi connectivity index (χ2v) is 6.02. The predicted molar refractivity (Wildman–Crippen MR) is 92.0 cm³/mol. The van der Waals surface area contributed by atoms with Crippen LogP contribution in [0.1, 0.15) is 24.2 Å². The molecular weight excluding hydrogens is 344 g/mol. The molecule has 0 saturated heterocycles. The number of rotatable bonds is 7. The van der Waals surface area contributed by atoms with E-state index in [4.69, 9.17) is 9.47 Å². The molecular formula is C19H19F2NO4. The van der Waals surface area contributed by atoms with E-state index >= 15 is 0 Å². The fourth-order valence-corrected chi connectivity index (χ4v) is 2.01. The number of hydrogen-bond acceptors (Lipinski definition) is 4. The van der Waals surface area contributed by atoms with Gasteiger partial charge in [0.1, 0.15) is 17.4 Å². The summed E-state index contributed by atoms with van der Waals surface area (Å²) in [6, 6.07) is 9.00. The fourth-order valence-electron chi connectivity index (χ4n) is 2.01. The van der Waals surface area contributed by atoms with Crippen molar-refractivity contribution in [3.05, 3.63) is 59.7 Å². The molecule has 0 aliphatic rings. The van der Waals surface area contributed by atoms with Crippen LogP contribution in [0.3, 0.4) is 0 Å². The maximum Gasteiger partial charge on any atom is 0.338 e. The fraction of sp³-hybridized carbons (Fsp3) is 0.263. The molecule has 0 bridgehead atoms. The molecule has 1 amide bonds. The van der Waals surface area contributed by atoms with Crippen LogP contribution in [0, 0.1) is 17.6 Å². The summed E-state index contributed by atoms with van der Waals surface area (Å²) in [6.07, 6.45) is 0. The second kappa shape index (κ2) is 8.94. The first kappa shape index (κ1) is 19.4. The van der Waals surface area contributed by atoms with Crippen molar-refractivity contribution in [3.8, 4) is 5.75 Å². The van der Waals surface area contributed by atoms with Crippen molar-refractivity contribution in [2.24, 2.45) is 5.92 Å². The lowest BCUT2D eigenvalue weighted by Gasteiger charge is -2.10. The Morgan fingerprint density at radius 1 is 1.08 bits per heavy atom. The molecule has 0 aliphatic carbocycles. The number of carbonyl (C=O) groups is 2. The monoisotopic (exact) mass is 363 g/mol. The number of esters is 1.